The molecule has 426 valence electrons. The highest BCUT2D eigenvalue weighted by atomic mass is 16.8. The second-order valence-corrected chi connectivity index (χ2v) is 23.9. The third-order valence-corrected chi connectivity index (χ3v) is 19.7. The van der Waals surface area contributed by atoms with Gasteiger partial charge in [0.15, 0.2) is 30.9 Å². The molecule has 0 unspecified atom stereocenters. The van der Waals surface area contributed by atoms with Crippen LogP contribution < -0.4 is 0 Å². The van der Waals surface area contributed by atoms with Crippen LogP contribution in [0.5, 0.6) is 0 Å². The largest absolute Gasteiger partial charge is 0.394 e. The topological polar surface area (TPSA) is 366 Å². The quantitative estimate of drug-likeness (QED) is 0.0778. The summed E-state index contributed by atoms with van der Waals surface area (Å²) in [7, 11) is 0. The lowest BCUT2D eigenvalue weighted by molar-refractivity contribution is -0.388. The molecule has 31 atom stereocenters. The van der Waals surface area contributed by atoms with Crippen LogP contribution in [-0.4, -0.2) is 238 Å². The average molecular weight is 1070 g/mol. The smallest absolute Gasteiger partial charge is 0.187 e. The molecule has 3 saturated carbocycles. The number of fused-ring (bicyclic) bond motifs is 7. The number of rotatable bonds is 14. The Morgan fingerprint density at radius 3 is 1.84 bits per heavy atom. The monoisotopic (exact) mass is 1060 g/mol. The summed E-state index contributed by atoms with van der Waals surface area (Å²) in [4.78, 5) is 0. The summed E-state index contributed by atoms with van der Waals surface area (Å²) in [6.45, 7) is 9.93. The molecule has 5 heterocycles. The molecular formula is C51H84O23. The van der Waals surface area contributed by atoms with Crippen LogP contribution in [0.3, 0.4) is 0 Å². The van der Waals surface area contributed by atoms with E-state index in [4.69, 9.17) is 42.6 Å². The first-order chi connectivity index (χ1) is 34.8. The van der Waals surface area contributed by atoms with Gasteiger partial charge in [-0.1, -0.05) is 39.3 Å². The molecule has 0 radical (unpaired) electrons. The van der Waals surface area contributed by atoms with Crippen LogP contribution in [0.15, 0.2) is 11.6 Å². The maximum absolute atomic E-state index is 12.9. The van der Waals surface area contributed by atoms with E-state index in [1.54, 1.807) is 0 Å². The van der Waals surface area contributed by atoms with Gasteiger partial charge in [-0.3, -0.25) is 0 Å². The summed E-state index contributed by atoms with van der Waals surface area (Å²) in [5.74, 6) is -1.85. The third kappa shape index (κ3) is 9.68. The highest BCUT2D eigenvalue weighted by Gasteiger charge is 2.75. The summed E-state index contributed by atoms with van der Waals surface area (Å²) < 4.78 is 54.3. The van der Waals surface area contributed by atoms with Crippen molar-refractivity contribution in [3.8, 4) is 0 Å². The Balaban J connectivity index is 0.858. The van der Waals surface area contributed by atoms with Crippen LogP contribution in [0.25, 0.3) is 0 Å². The number of allylic oxidation sites excluding steroid dienone is 1. The highest BCUT2D eigenvalue weighted by molar-refractivity contribution is 5.29. The van der Waals surface area contributed by atoms with Gasteiger partial charge in [0.1, 0.15) is 91.1 Å². The first-order valence-corrected chi connectivity index (χ1v) is 26.9. The summed E-state index contributed by atoms with van der Waals surface area (Å²) in [6.07, 6.45) is -22.8. The lowest BCUT2D eigenvalue weighted by atomic mass is 9.46. The van der Waals surface area contributed by atoms with Gasteiger partial charge in [0.25, 0.3) is 0 Å². The van der Waals surface area contributed by atoms with E-state index in [1.807, 2.05) is 13.8 Å². The molecule has 0 bridgehead atoms. The Morgan fingerprint density at radius 2 is 1.22 bits per heavy atom. The predicted octanol–water partition coefficient (Wildman–Crippen LogP) is -2.86. The molecule has 5 saturated heterocycles. The first kappa shape index (κ1) is 57.5. The van der Waals surface area contributed by atoms with Gasteiger partial charge in [0.2, 0.25) is 0 Å². The van der Waals surface area contributed by atoms with Crippen molar-refractivity contribution in [2.75, 3.05) is 19.8 Å². The minimum Gasteiger partial charge on any atom is -0.394 e. The molecule has 23 heteroatoms. The van der Waals surface area contributed by atoms with Crippen molar-refractivity contribution in [3.05, 3.63) is 11.6 Å². The van der Waals surface area contributed by atoms with Crippen LogP contribution in [0.4, 0.5) is 0 Å². The zero-order valence-electron chi connectivity index (χ0n) is 43.1. The molecule has 9 aliphatic rings. The van der Waals surface area contributed by atoms with E-state index < -0.39 is 171 Å². The Labute approximate surface area is 430 Å². The van der Waals surface area contributed by atoms with E-state index in [2.05, 4.69) is 19.9 Å². The van der Waals surface area contributed by atoms with Crippen molar-refractivity contribution in [1.29, 1.82) is 0 Å². The van der Waals surface area contributed by atoms with Gasteiger partial charge in [-0.2, -0.15) is 0 Å². The first-order valence-electron chi connectivity index (χ1n) is 26.9. The van der Waals surface area contributed by atoms with Crippen molar-refractivity contribution < 1.29 is 114 Å². The van der Waals surface area contributed by atoms with Gasteiger partial charge < -0.3 is 114 Å². The zero-order valence-corrected chi connectivity index (χ0v) is 43.1. The highest BCUT2D eigenvalue weighted by Crippen LogP contribution is 2.71. The maximum Gasteiger partial charge on any atom is 0.187 e. The molecule has 4 aliphatic carbocycles. The lowest BCUT2D eigenvalue weighted by Gasteiger charge is -2.59. The SMILES string of the molecule is C[C@H](CC[C@]1(O)O[C@H]2C[C@H]3[C@@H]4CC=C5C[C@@H](O[C@@H]6O[C@H](CO)[C@@H](O[C@@H]7O[C@@H](C)[C@H](O)[C@@H](O)[C@H]7O)[C@H](O)[C@H]6O[C@@H]6O[C@@H](C)[C@H](O)[C@@H](O)[C@H]6O)CC[C@]5(C)[C@H]4CC[C@]3(C)[C@@]2(O)[C@@H]1C)CO[C@@H]1O[C@H](CO)[C@@H](O)[C@H](O)[C@H]1O. The van der Waals surface area contributed by atoms with Crippen molar-refractivity contribution >= 4 is 0 Å². The van der Waals surface area contributed by atoms with Gasteiger partial charge in [-0.05, 0) is 94.3 Å². The molecule has 23 nitrogen and oxygen atoms in total. The molecule has 8 fully saturated rings. The normalized spacial score (nSPS) is 55.9. The summed E-state index contributed by atoms with van der Waals surface area (Å²) in [6, 6.07) is 0. The third-order valence-electron chi connectivity index (χ3n) is 19.7. The zero-order chi connectivity index (χ0) is 53.7. The van der Waals surface area contributed by atoms with Crippen LogP contribution in [-0.2, 0) is 42.6 Å². The average Bonchev–Trinajstić information content (AvgIpc) is 3.75. The fourth-order valence-electron chi connectivity index (χ4n) is 14.9. The molecule has 0 spiro atoms. The Kier molecular flexibility index (Phi) is 16.9. The van der Waals surface area contributed by atoms with E-state index in [-0.39, 0.29) is 42.1 Å². The standard InChI is InChI=1S/C51H84O23/c1-20(19-66-44-38(60)37(59)34(56)29(17-52)70-44)9-14-50(64)23(4)51(65)31(74-50)16-28-26-8-7-24-15-25(10-12-48(24,5)27(26)11-13-49(28,51)6)69-47-43(73-46-40(62)36(58)33(55)22(3)68-46)41(63)42(30(18-53)71-47)72-45-39(61)35(57)32(54)21(2)67-45/h7,20-23,25-47,52-65H,8-19H2,1-6H3/t20-,21+,22+,23-,25+,26-,27+,28+,29-,30-,31+,32+,33+,34-,35-,36-,37+,38-,39-,40-,41+,42-,43-,44-,45+,46+,47-,48+,49+,50+,51-/m1/s1. The van der Waals surface area contributed by atoms with Crippen molar-refractivity contribution in [3.63, 3.8) is 0 Å². The van der Waals surface area contributed by atoms with Gasteiger partial charge >= 0.3 is 0 Å². The minimum absolute atomic E-state index is 0.0822. The Bertz CT molecular complexity index is 1950. The van der Waals surface area contributed by atoms with Crippen molar-refractivity contribution in [2.24, 2.45) is 40.4 Å². The van der Waals surface area contributed by atoms with Gasteiger partial charge in [0.05, 0.1) is 44.2 Å². The summed E-state index contributed by atoms with van der Waals surface area (Å²) in [5.41, 5.74) is -0.916. The summed E-state index contributed by atoms with van der Waals surface area (Å²) in [5, 5.41) is 152. The van der Waals surface area contributed by atoms with E-state index in [0.29, 0.717) is 32.1 Å². The van der Waals surface area contributed by atoms with Gasteiger partial charge in [-0.15, -0.1) is 0 Å². The van der Waals surface area contributed by atoms with Gasteiger partial charge in [-0.25, -0.2) is 0 Å². The molecule has 5 aliphatic heterocycles. The fourth-order valence-corrected chi connectivity index (χ4v) is 14.9. The van der Waals surface area contributed by atoms with Crippen LogP contribution >= 0.6 is 0 Å². The van der Waals surface area contributed by atoms with Crippen LogP contribution in [0.2, 0.25) is 0 Å². The summed E-state index contributed by atoms with van der Waals surface area (Å²) >= 11 is 0. The number of ether oxygens (including phenoxy) is 9. The number of hydrogen-bond donors (Lipinski definition) is 14. The molecule has 0 amide bonds. The number of hydrogen-bond acceptors (Lipinski definition) is 23. The molecule has 14 N–H and O–H groups in total. The van der Waals surface area contributed by atoms with Crippen LogP contribution in [0, 0.1) is 40.4 Å². The minimum atomic E-state index is -1.77. The predicted molar refractivity (Wildman–Crippen MR) is 250 cm³/mol. The Hall–Kier alpha value is -1.18. The van der Waals surface area contributed by atoms with E-state index >= 15 is 0 Å². The lowest BCUT2D eigenvalue weighted by Crippen LogP contribution is -2.66. The van der Waals surface area contributed by atoms with Gasteiger partial charge in [0, 0.05) is 17.8 Å². The molecular weight excluding hydrogens is 981 g/mol. The second kappa shape index (κ2) is 21.7. The van der Waals surface area contributed by atoms with E-state index in [9.17, 15) is 71.5 Å². The number of aliphatic hydroxyl groups excluding tert-OH is 12. The van der Waals surface area contributed by atoms with E-state index in [1.165, 1.54) is 19.4 Å². The van der Waals surface area contributed by atoms with Crippen molar-refractivity contribution in [1.82, 2.24) is 0 Å². The molecule has 0 aromatic heterocycles. The molecule has 0 aromatic rings. The van der Waals surface area contributed by atoms with Crippen molar-refractivity contribution in [2.45, 2.75) is 246 Å². The number of aliphatic hydroxyl groups is 14. The van der Waals surface area contributed by atoms with Crippen LogP contribution in [0.1, 0.15) is 99.3 Å². The maximum atomic E-state index is 12.9. The molecule has 74 heavy (non-hydrogen) atoms. The van der Waals surface area contributed by atoms with E-state index in [0.717, 1.165) is 19.3 Å². The Morgan fingerprint density at radius 1 is 0.635 bits per heavy atom. The molecule has 0 aromatic carbocycles. The molecule has 9 rings (SSSR count). The fraction of sp³-hybridized carbons (Fsp3) is 0.961. The second-order valence-electron chi connectivity index (χ2n) is 23.9.